The first-order chi connectivity index (χ1) is 13.2. The summed E-state index contributed by atoms with van der Waals surface area (Å²) < 4.78 is 20.7. The van der Waals surface area contributed by atoms with Crippen molar-refractivity contribution in [3.05, 3.63) is 54.6 Å². The first-order valence-electron chi connectivity index (χ1n) is 10.4. The fourth-order valence-electron chi connectivity index (χ4n) is 3.82. The Morgan fingerprint density at radius 3 is 2.30 bits per heavy atom. The van der Waals surface area contributed by atoms with Crippen molar-refractivity contribution in [2.75, 3.05) is 0 Å². The van der Waals surface area contributed by atoms with Crippen LogP contribution in [-0.2, 0) is 0 Å². The normalized spacial score (nSPS) is 13.7. The second-order valence-electron chi connectivity index (χ2n) is 7.54. The van der Waals surface area contributed by atoms with Gasteiger partial charge in [0.25, 0.3) is 0 Å². The fraction of sp³-hybridized carbons (Fsp3) is 0.440. The molecule has 3 rings (SSSR count). The van der Waals surface area contributed by atoms with E-state index >= 15 is 0 Å². The molecule has 2 unspecified atom stereocenters. The minimum absolute atomic E-state index is 0.0104. The van der Waals surface area contributed by atoms with Gasteiger partial charge in [-0.2, -0.15) is 0 Å². The second-order valence-corrected chi connectivity index (χ2v) is 7.54. The first kappa shape index (κ1) is 19.7. The number of fused-ring (bicyclic) bond motifs is 3. The van der Waals surface area contributed by atoms with Crippen LogP contribution >= 0.6 is 0 Å². The highest BCUT2D eigenvalue weighted by Gasteiger charge is 2.22. The summed E-state index contributed by atoms with van der Waals surface area (Å²) in [6.45, 7) is 4.34. The highest BCUT2D eigenvalue weighted by atomic mass is 19.1. The number of hydrogen-bond donors (Lipinski definition) is 0. The lowest BCUT2D eigenvalue weighted by Crippen LogP contribution is -2.22. The molecule has 0 amide bonds. The third-order valence-corrected chi connectivity index (χ3v) is 5.44. The van der Waals surface area contributed by atoms with E-state index in [9.17, 15) is 4.39 Å². The number of rotatable bonds is 10. The van der Waals surface area contributed by atoms with Crippen LogP contribution in [0.3, 0.4) is 0 Å². The van der Waals surface area contributed by atoms with Gasteiger partial charge >= 0.3 is 0 Å². The number of benzene rings is 3. The van der Waals surface area contributed by atoms with Gasteiger partial charge in [-0.05, 0) is 46.5 Å². The van der Waals surface area contributed by atoms with Gasteiger partial charge in [0.15, 0.2) is 0 Å². The summed E-state index contributed by atoms with van der Waals surface area (Å²) in [4.78, 5) is 0. The first-order valence-corrected chi connectivity index (χ1v) is 10.4. The lowest BCUT2D eigenvalue weighted by molar-refractivity contribution is 0.00354. The standard InChI is InChI=1S/C25H31FO/c1-3-5-7-12-20(10-6-4-2)25(26)27-22-16-17-24-21(18-22)15-14-19-11-8-9-13-23(19)24/h8-9,11,13-18,20,25H,3-7,10,12H2,1-2H3. The van der Waals surface area contributed by atoms with Gasteiger partial charge in [-0.1, -0.05) is 88.4 Å². The molecule has 0 bridgehead atoms. The molecule has 2 heteroatoms. The molecule has 0 fully saturated rings. The molecule has 0 aliphatic heterocycles. The van der Waals surface area contributed by atoms with Crippen molar-refractivity contribution in [3.63, 3.8) is 0 Å². The van der Waals surface area contributed by atoms with E-state index in [0.717, 1.165) is 43.9 Å². The molecule has 0 saturated carbocycles. The number of unbranched alkanes of at least 4 members (excludes halogenated alkanes) is 3. The molecular formula is C25H31FO. The van der Waals surface area contributed by atoms with E-state index in [1.54, 1.807) is 0 Å². The molecule has 0 aliphatic carbocycles. The highest BCUT2D eigenvalue weighted by molar-refractivity contribution is 6.07. The minimum atomic E-state index is -1.23. The molecule has 27 heavy (non-hydrogen) atoms. The molecule has 144 valence electrons. The average Bonchev–Trinajstić information content (AvgIpc) is 2.70. The van der Waals surface area contributed by atoms with Crippen molar-refractivity contribution in [2.45, 2.75) is 65.2 Å². The van der Waals surface area contributed by atoms with Crippen LogP contribution < -0.4 is 4.74 Å². The van der Waals surface area contributed by atoms with E-state index in [4.69, 9.17) is 4.74 Å². The Labute approximate surface area is 162 Å². The summed E-state index contributed by atoms with van der Waals surface area (Å²) in [6, 6.07) is 18.5. The van der Waals surface area contributed by atoms with E-state index in [-0.39, 0.29) is 5.92 Å². The van der Waals surface area contributed by atoms with Crippen LogP contribution in [0.1, 0.15) is 58.8 Å². The molecule has 0 aliphatic rings. The van der Waals surface area contributed by atoms with Crippen molar-refractivity contribution in [1.29, 1.82) is 0 Å². The molecule has 0 N–H and O–H groups in total. The molecule has 3 aromatic rings. The summed E-state index contributed by atoms with van der Waals surface area (Å²) in [5.74, 6) is 0.617. The smallest absolute Gasteiger partial charge is 0.241 e. The summed E-state index contributed by atoms with van der Waals surface area (Å²) >= 11 is 0. The molecule has 2 atom stereocenters. The van der Waals surface area contributed by atoms with Crippen molar-refractivity contribution in [2.24, 2.45) is 5.92 Å². The number of hydrogen-bond acceptors (Lipinski definition) is 1. The van der Waals surface area contributed by atoms with E-state index < -0.39 is 6.36 Å². The van der Waals surface area contributed by atoms with Crippen LogP contribution in [0.25, 0.3) is 21.5 Å². The van der Waals surface area contributed by atoms with Gasteiger partial charge in [0.2, 0.25) is 6.36 Å². The van der Waals surface area contributed by atoms with E-state index in [2.05, 4.69) is 50.2 Å². The van der Waals surface area contributed by atoms with E-state index in [0.29, 0.717) is 5.75 Å². The average molecular weight is 367 g/mol. The zero-order chi connectivity index (χ0) is 19.1. The Hall–Kier alpha value is -2.09. The maximum Gasteiger partial charge on any atom is 0.241 e. The third kappa shape index (κ3) is 5.00. The third-order valence-electron chi connectivity index (χ3n) is 5.44. The van der Waals surface area contributed by atoms with E-state index in [1.165, 1.54) is 22.6 Å². The van der Waals surface area contributed by atoms with Crippen LogP contribution in [0.15, 0.2) is 54.6 Å². The van der Waals surface area contributed by atoms with Gasteiger partial charge in [-0.3, -0.25) is 0 Å². The predicted octanol–water partition coefficient (Wildman–Crippen LogP) is 8.05. The van der Waals surface area contributed by atoms with Crippen LogP contribution in [0.2, 0.25) is 0 Å². The van der Waals surface area contributed by atoms with Crippen LogP contribution in [-0.4, -0.2) is 6.36 Å². The Morgan fingerprint density at radius 2 is 1.48 bits per heavy atom. The summed E-state index contributed by atoms with van der Waals surface area (Å²) in [5.41, 5.74) is 0. The summed E-state index contributed by atoms with van der Waals surface area (Å²) in [6.07, 6.45) is 6.15. The zero-order valence-electron chi connectivity index (χ0n) is 16.6. The van der Waals surface area contributed by atoms with E-state index in [1.807, 2.05) is 18.2 Å². The molecule has 0 heterocycles. The zero-order valence-corrected chi connectivity index (χ0v) is 16.6. The van der Waals surface area contributed by atoms with Crippen molar-refractivity contribution >= 4 is 21.5 Å². The number of ether oxygens (including phenoxy) is 1. The second kappa shape index (κ2) is 9.73. The molecule has 0 aromatic heterocycles. The van der Waals surface area contributed by atoms with Crippen LogP contribution in [0.4, 0.5) is 4.39 Å². The lowest BCUT2D eigenvalue weighted by atomic mass is 9.95. The maximum atomic E-state index is 14.9. The maximum absolute atomic E-state index is 14.9. The van der Waals surface area contributed by atoms with Crippen LogP contribution in [0.5, 0.6) is 5.75 Å². The number of alkyl halides is 1. The van der Waals surface area contributed by atoms with Crippen LogP contribution in [0, 0.1) is 5.92 Å². The van der Waals surface area contributed by atoms with Crippen molar-refractivity contribution in [1.82, 2.24) is 0 Å². The monoisotopic (exact) mass is 366 g/mol. The largest absolute Gasteiger partial charge is 0.460 e. The Morgan fingerprint density at radius 1 is 0.778 bits per heavy atom. The summed E-state index contributed by atoms with van der Waals surface area (Å²) in [7, 11) is 0. The van der Waals surface area contributed by atoms with Gasteiger partial charge in [-0.25, -0.2) is 4.39 Å². The topological polar surface area (TPSA) is 9.23 Å². The SMILES string of the molecule is CCCCCC(CCCC)C(F)Oc1ccc2c(ccc3ccccc32)c1. The molecule has 0 radical (unpaired) electrons. The molecule has 0 spiro atoms. The fourth-order valence-corrected chi connectivity index (χ4v) is 3.82. The predicted molar refractivity (Wildman–Crippen MR) is 114 cm³/mol. The van der Waals surface area contributed by atoms with Gasteiger partial charge in [-0.15, -0.1) is 0 Å². The molecular weight excluding hydrogens is 335 g/mol. The van der Waals surface area contributed by atoms with Crippen molar-refractivity contribution < 1.29 is 9.13 Å². The Kier molecular flexibility index (Phi) is 7.09. The number of halogens is 1. The lowest BCUT2D eigenvalue weighted by Gasteiger charge is -2.22. The van der Waals surface area contributed by atoms with Gasteiger partial charge in [0.05, 0.1) is 0 Å². The minimum Gasteiger partial charge on any atom is -0.460 e. The molecule has 1 nitrogen and oxygen atoms in total. The van der Waals surface area contributed by atoms with Crippen molar-refractivity contribution in [3.8, 4) is 5.75 Å². The molecule has 0 saturated heterocycles. The summed E-state index contributed by atoms with van der Waals surface area (Å²) in [5, 5.41) is 4.71. The Bertz CT molecular complexity index is 857. The van der Waals surface area contributed by atoms with Gasteiger partial charge < -0.3 is 4.74 Å². The molecule has 3 aromatic carbocycles. The highest BCUT2D eigenvalue weighted by Crippen LogP contribution is 2.30. The Balaban J connectivity index is 1.76. The van der Waals surface area contributed by atoms with Gasteiger partial charge in [0, 0.05) is 5.92 Å². The quantitative estimate of drug-likeness (QED) is 0.260. The van der Waals surface area contributed by atoms with Gasteiger partial charge in [0.1, 0.15) is 5.75 Å².